The van der Waals surface area contributed by atoms with Gasteiger partial charge in [0.1, 0.15) is 17.5 Å². The van der Waals surface area contributed by atoms with E-state index < -0.39 is 11.6 Å². The van der Waals surface area contributed by atoms with Gasteiger partial charge in [-0.1, -0.05) is 6.57 Å². The quantitative estimate of drug-likeness (QED) is 0.402. The summed E-state index contributed by atoms with van der Waals surface area (Å²) in [6, 6.07) is 12.2. The van der Waals surface area contributed by atoms with Gasteiger partial charge in [-0.2, -0.15) is 0 Å². The standard InChI is InChI=1S/C23H14F2N4OS/c1-27-20-7-5-17-22(29-20)23-12(8-9-30-17)10-18(31-23)15-4-6-19(26)28-21(15)14-3-2-13(24)11-16(14)25/h2-7,10-11H,8-9H2,(H2,26,28). The molecule has 4 heterocycles. The molecule has 1 aliphatic rings. The van der Waals surface area contributed by atoms with Crippen LogP contribution in [0.25, 0.3) is 37.1 Å². The van der Waals surface area contributed by atoms with Crippen molar-refractivity contribution < 1.29 is 13.5 Å². The lowest BCUT2D eigenvalue weighted by atomic mass is 10.0. The highest BCUT2D eigenvalue weighted by Crippen LogP contribution is 2.45. The fourth-order valence-electron chi connectivity index (χ4n) is 3.56. The van der Waals surface area contributed by atoms with Crippen LogP contribution in [0.2, 0.25) is 0 Å². The molecule has 0 saturated carbocycles. The zero-order valence-corrected chi connectivity index (χ0v) is 16.8. The molecule has 8 heteroatoms. The van der Waals surface area contributed by atoms with E-state index in [2.05, 4.69) is 14.8 Å². The van der Waals surface area contributed by atoms with Crippen molar-refractivity contribution in [3.05, 3.63) is 77.1 Å². The Kier molecular flexibility index (Phi) is 4.60. The number of nitrogens with two attached hydrogens (primary N) is 1. The van der Waals surface area contributed by atoms with Crippen LogP contribution < -0.4 is 10.5 Å². The van der Waals surface area contributed by atoms with E-state index in [1.165, 1.54) is 23.5 Å². The Bertz CT molecular complexity index is 1380. The molecule has 4 aromatic rings. The summed E-state index contributed by atoms with van der Waals surface area (Å²) < 4.78 is 33.8. The van der Waals surface area contributed by atoms with Gasteiger partial charge < -0.3 is 15.3 Å². The summed E-state index contributed by atoms with van der Waals surface area (Å²) in [7, 11) is 0. The van der Waals surface area contributed by atoms with Crippen LogP contribution in [-0.2, 0) is 6.42 Å². The van der Waals surface area contributed by atoms with E-state index >= 15 is 0 Å². The van der Waals surface area contributed by atoms with E-state index in [1.54, 1.807) is 24.3 Å². The highest BCUT2D eigenvalue weighted by atomic mass is 32.1. The average molecular weight is 432 g/mol. The number of nitrogens with zero attached hydrogens (tertiary/aromatic N) is 3. The molecule has 3 aromatic heterocycles. The molecule has 0 aliphatic carbocycles. The molecule has 5 nitrogen and oxygen atoms in total. The highest BCUT2D eigenvalue weighted by Gasteiger charge is 2.25. The summed E-state index contributed by atoms with van der Waals surface area (Å²) >= 11 is 1.46. The molecule has 2 N–H and O–H groups in total. The number of anilines is 1. The molecule has 1 aliphatic heterocycles. The molecule has 1 aromatic carbocycles. The average Bonchev–Trinajstić information content (AvgIpc) is 3.10. The predicted molar refractivity (Wildman–Crippen MR) is 116 cm³/mol. The Morgan fingerprint density at radius 3 is 2.65 bits per heavy atom. The first-order chi connectivity index (χ1) is 15.0. The number of aromatic nitrogens is 2. The first-order valence-electron chi connectivity index (χ1n) is 9.40. The Morgan fingerprint density at radius 1 is 1.00 bits per heavy atom. The highest BCUT2D eigenvalue weighted by molar-refractivity contribution is 7.19. The van der Waals surface area contributed by atoms with Gasteiger partial charge in [0.2, 0.25) is 5.69 Å². The monoisotopic (exact) mass is 432 g/mol. The molecule has 0 unspecified atom stereocenters. The number of thiophene rings is 1. The van der Waals surface area contributed by atoms with Crippen LogP contribution in [0.5, 0.6) is 5.75 Å². The molecule has 0 amide bonds. The van der Waals surface area contributed by atoms with Gasteiger partial charge in [0.15, 0.2) is 5.75 Å². The third-order valence-electron chi connectivity index (χ3n) is 4.98. The summed E-state index contributed by atoms with van der Waals surface area (Å²) in [5.74, 6) is -0.219. The fourth-order valence-corrected chi connectivity index (χ4v) is 4.79. The second-order valence-corrected chi connectivity index (χ2v) is 8.00. The molecule has 5 rings (SSSR count). The second-order valence-electron chi connectivity index (χ2n) is 6.95. The lowest BCUT2D eigenvalue weighted by Gasteiger charge is -2.10. The fraction of sp³-hybridized carbons (Fsp3) is 0.0870. The normalized spacial score (nSPS) is 12.3. The first-order valence-corrected chi connectivity index (χ1v) is 10.2. The van der Waals surface area contributed by atoms with E-state index in [1.807, 2.05) is 6.07 Å². The summed E-state index contributed by atoms with van der Waals surface area (Å²) in [6.07, 6.45) is 0.665. The third kappa shape index (κ3) is 3.39. The van der Waals surface area contributed by atoms with Crippen molar-refractivity contribution in [2.24, 2.45) is 0 Å². The summed E-state index contributed by atoms with van der Waals surface area (Å²) in [6.45, 7) is 7.74. The Balaban J connectivity index is 1.70. The van der Waals surface area contributed by atoms with Crippen molar-refractivity contribution >= 4 is 23.0 Å². The molecular weight excluding hydrogens is 418 g/mol. The number of ether oxygens (including phenoxy) is 1. The Morgan fingerprint density at radius 2 is 1.84 bits per heavy atom. The minimum absolute atomic E-state index is 0.171. The lowest BCUT2D eigenvalue weighted by molar-refractivity contribution is 0.325. The number of hydrogen-bond donors (Lipinski definition) is 1. The lowest BCUT2D eigenvalue weighted by Crippen LogP contribution is -1.98. The molecule has 31 heavy (non-hydrogen) atoms. The van der Waals surface area contributed by atoms with E-state index in [9.17, 15) is 8.78 Å². The first kappa shape index (κ1) is 19.2. The van der Waals surface area contributed by atoms with Gasteiger partial charge >= 0.3 is 0 Å². The minimum Gasteiger partial charge on any atom is -0.489 e. The Hall–Kier alpha value is -3.83. The van der Waals surface area contributed by atoms with E-state index in [-0.39, 0.29) is 17.2 Å². The smallest absolute Gasteiger partial charge is 0.270 e. The zero-order chi connectivity index (χ0) is 21.5. The van der Waals surface area contributed by atoms with Gasteiger partial charge in [0, 0.05) is 28.5 Å². The van der Waals surface area contributed by atoms with Crippen LogP contribution >= 0.6 is 11.3 Å². The van der Waals surface area contributed by atoms with Crippen LogP contribution in [0, 0.1) is 18.2 Å². The molecule has 0 spiro atoms. The number of halogens is 2. The maximum absolute atomic E-state index is 14.6. The summed E-state index contributed by atoms with van der Waals surface area (Å²) in [5.41, 5.74) is 8.72. The van der Waals surface area contributed by atoms with Crippen LogP contribution in [-0.4, -0.2) is 16.6 Å². The van der Waals surface area contributed by atoms with Gasteiger partial charge in [-0.05, 0) is 48.0 Å². The number of benzene rings is 1. The molecule has 0 bridgehead atoms. The van der Waals surface area contributed by atoms with Gasteiger partial charge in [-0.25, -0.2) is 13.8 Å². The maximum atomic E-state index is 14.6. The summed E-state index contributed by atoms with van der Waals surface area (Å²) in [4.78, 5) is 14.0. The van der Waals surface area contributed by atoms with Crippen molar-refractivity contribution in [1.29, 1.82) is 0 Å². The second kappa shape index (κ2) is 7.45. The van der Waals surface area contributed by atoms with E-state index in [4.69, 9.17) is 17.0 Å². The predicted octanol–water partition coefficient (Wildman–Crippen LogP) is 5.89. The molecule has 0 fully saturated rings. The maximum Gasteiger partial charge on any atom is 0.270 e. The van der Waals surface area contributed by atoms with Crippen LogP contribution in [0.4, 0.5) is 20.4 Å². The zero-order valence-electron chi connectivity index (χ0n) is 16.0. The topological polar surface area (TPSA) is 65.4 Å². The van der Waals surface area contributed by atoms with Crippen LogP contribution in [0.3, 0.4) is 0 Å². The van der Waals surface area contributed by atoms with E-state index in [0.717, 1.165) is 21.4 Å². The van der Waals surface area contributed by atoms with Crippen molar-refractivity contribution in [3.8, 4) is 38.0 Å². The molecule has 0 saturated heterocycles. The van der Waals surface area contributed by atoms with Crippen LogP contribution in [0.15, 0.2) is 48.5 Å². The molecule has 0 atom stereocenters. The number of fused-ring (bicyclic) bond motifs is 3. The molecule has 152 valence electrons. The molecule has 0 radical (unpaired) electrons. The van der Waals surface area contributed by atoms with Crippen molar-refractivity contribution in [2.45, 2.75) is 6.42 Å². The minimum atomic E-state index is -0.709. The third-order valence-corrected chi connectivity index (χ3v) is 6.20. The largest absolute Gasteiger partial charge is 0.489 e. The van der Waals surface area contributed by atoms with Crippen molar-refractivity contribution in [3.63, 3.8) is 0 Å². The van der Waals surface area contributed by atoms with Gasteiger partial charge in [-0.15, -0.1) is 16.3 Å². The number of rotatable bonds is 2. The number of hydrogen-bond acceptors (Lipinski definition) is 5. The van der Waals surface area contributed by atoms with Crippen molar-refractivity contribution in [1.82, 2.24) is 9.97 Å². The van der Waals surface area contributed by atoms with Crippen molar-refractivity contribution in [2.75, 3.05) is 12.3 Å². The number of pyridine rings is 2. The van der Waals surface area contributed by atoms with Crippen LogP contribution in [0.1, 0.15) is 5.56 Å². The van der Waals surface area contributed by atoms with Gasteiger partial charge in [-0.3, -0.25) is 0 Å². The van der Waals surface area contributed by atoms with Gasteiger partial charge in [0.05, 0.1) is 17.2 Å². The molecular formula is C23H14F2N4OS. The van der Waals surface area contributed by atoms with Gasteiger partial charge in [0.25, 0.3) is 5.82 Å². The SMILES string of the molecule is [C-]#[N+]c1ccc2c(n1)-c1sc(-c3ccc(N)nc3-c3ccc(F)cc3F)cc1CCO2. The number of nitrogen functional groups attached to an aromatic ring is 1. The van der Waals surface area contributed by atoms with E-state index in [0.29, 0.717) is 35.7 Å². The Labute approximate surface area is 180 Å². The summed E-state index contributed by atoms with van der Waals surface area (Å²) in [5, 5.41) is 0.